The molecule has 0 bridgehead atoms. The van der Waals surface area contributed by atoms with Crippen LogP contribution in [0.2, 0.25) is 0 Å². The highest BCUT2D eigenvalue weighted by atomic mass is 16.3. The van der Waals surface area contributed by atoms with Crippen LogP contribution in [0.15, 0.2) is 30.3 Å². The number of para-hydroxylation sites is 1. The smallest absolute Gasteiger partial charge is 0.108 e. The van der Waals surface area contributed by atoms with Crippen LogP contribution in [0.25, 0.3) is 10.9 Å². The number of rotatable bonds is 3. The molecule has 0 saturated carbocycles. The van der Waals surface area contributed by atoms with E-state index in [2.05, 4.69) is 16.4 Å². The molecule has 1 heterocycles. The third-order valence-corrected chi connectivity index (χ3v) is 3.03. The second-order valence-electron chi connectivity index (χ2n) is 5.87. The van der Waals surface area contributed by atoms with Crippen LogP contribution in [0, 0.1) is 11.3 Å². The van der Waals surface area contributed by atoms with Gasteiger partial charge in [-0.25, -0.2) is 4.98 Å². The quantitative estimate of drug-likeness (QED) is 0.898. The second kappa shape index (κ2) is 5.58. The number of nitrogens with one attached hydrogen (secondary N) is 1. The predicted octanol–water partition coefficient (Wildman–Crippen LogP) is 2.53. The van der Waals surface area contributed by atoms with E-state index in [1.807, 2.05) is 39.0 Å². The van der Waals surface area contributed by atoms with Crippen LogP contribution in [0.3, 0.4) is 0 Å². The molecule has 2 N–H and O–H groups in total. The van der Waals surface area contributed by atoms with Gasteiger partial charge in [-0.3, -0.25) is 0 Å². The number of fused-ring (bicyclic) bond motifs is 1. The minimum absolute atomic E-state index is 0.0599. The number of hydrogen-bond donors (Lipinski definition) is 2. The molecule has 2 aromatic rings. The summed E-state index contributed by atoms with van der Waals surface area (Å²) < 4.78 is 0. The van der Waals surface area contributed by atoms with Gasteiger partial charge in [0.2, 0.25) is 0 Å². The Labute approximate surface area is 119 Å². The van der Waals surface area contributed by atoms with Gasteiger partial charge in [0, 0.05) is 17.5 Å². The standard InChI is InChI=1S/C16H19N3O/c1-16(2,3)18-10-14(20)13-8-7-11-5-4-6-12(9-17)15(11)19-13/h4-8,14,18,20H,10H2,1-3H3/t14-/m0/s1. The molecule has 104 valence electrons. The number of nitriles is 1. The Morgan fingerprint density at radius 1 is 1.30 bits per heavy atom. The lowest BCUT2D eigenvalue weighted by molar-refractivity contribution is 0.159. The van der Waals surface area contributed by atoms with Crippen molar-refractivity contribution in [2.24, 2.45) is 0 Å². The summed E-state index contributed by atoms with van der Waals surface area (Å²) in [6, 6.07) is 11.3. The molecule has 0 saturated heterocycles. The Hall–Kier alpha value is -1.96. The van der Waals surface area contributed by atoms with Gasteiger partial charge in [0.15, 0.2) is 0 Å². The molecule has 2 rings (SSSR count). The van der Waals surface area contributed by atoms with E-state index in [0.29, 0.717) is 23.3 Å². The van der Waals surface area contributed by atoms with Crippen molar-refractivity contribution in [2.75, 3.05) is 6.54 Å². The highest BCUT2D eigenvalue weighted by Crippen LogP contribution is 2.19. The molecular weight excluding hydrogens is 250 g/mol. The monoisotopic (exact) mass is 269 g/mol. The van der Waals surface area contributed by atoms with E-state index in [-0.39, 0.29) is 5.54 Å². The highest BCUT2D eigenvalue weighted by molar-refractivity contribution is 5.84. The molecule has 1 aromatic carbocycles. The van der Waals surface area contributed by atoms with Gasteiger partial charge >= 0.3 is 0 Å². The lowest BCUT2D eigenvalue weighted by Crippen LogP contribution is -2.38. The van der Waals surface area contributed by atoms with Crippen LogP contribution in [0.5, 0.6) is 0 Å². The first-order valence-corrected chi connectivity index (χ1v) is 6.63. The number of pyridine rings is 1. The molecule has 4 heteroatoms. The maximum atomic E-state index is 10.2. The Bertz CT molecular complexity index is 653. The molecule has 0 aliphatic heterocycles. The Kier molecular flexibility index (Phi) is 4.03. The van der Waals surface area contributed by atoms with E-state index >= 15 is 0 Å². The molecule has 0 unspecified atom stereocenters. The number of nitrogens with zero attached hydrogens (tertiary/aromatic N) is 2. The number of aromatic nitrogens is 1. The van der Waals surface area contributed by atoms with Gasteiger partial charge < -0.3 is 10.4 Å². The number of benzene rings is 1. The second-order valence-corrected chi connectivity index (χ2v) is 5.87. The molecule has 0 radical (unpaired) electrons. The van der Waals surface area contributed by atoms with Crippen molar-refractivity contribution in [2.45, 2.75) is 32.4 Å². The van der Waals surface area contributed by atoms with Crippen LogP contribution in [0.1, 0.15) is 38.1 Å². The van der Waals surface area contributed by atoms with Crippen molar-refractivity contribution in [3.8, 4) is 6.07 Å². The summed E-state index contributed by atoms with van der Waals surface area (Å²) >= 11 is 0. The van der Waals surface area contributed by atoms with E-state index in [1.165, 1.54) is 0 Å². The van der Waals surface area contributed by atoms with E-state index in [1.54, 1.807) is 12.1 Å². The third-order valence-electron chi connectivity index (χ3n) is 3.03. The first-order chi connectivity index (χ1) is 9.40. The lowest BCUT2D eigenvalue weighted by atomic mass is 10.1. The molecule has 0 aliphatic carbocycles. The first kappa shape index (κ1) is 14.4. The van der Waals surface area contributed by atoms with Gasteiger partial charge in [-0.05, 0) is 32.9 Å². The molecule has 0 fully saturated rings. The molecule has 4 nitrogen and oxygen atoms in total. The molecule has 1 atom stereocenters. The van der Waals surface area contributed by atoms with Crippen molar-refractivity contribution in [3.05, 3.63) is 41.6 Å². The van der Waals surface area contributed by atoms with Crippen molar-refractivity contribution in [1.82, 2.24) is 10.3 Å². The van der Waals surface area contributed by atoms with Gasteiger partial charge in [0.25, 0.3) is 0 Å². The number of aliphatic hydroxyl groups is 1. The third kappa shape index (κ3) is 3.32. The summed E-state index contributed by atoms with van der Waals surface area (Å²) in [5.74, 6) is 0. The van der Waals surface area contributed by atoms with Crippen LogP contribution in [-0.4, -0.2) is 22.2 Å². The van der Waals surface area contributed by atoms with Gasteiger partial charge in [0.05, 0.1) is 16.8 Å². The molecule has 1 aromatic heterocycles. The summed E-state index contributed by atoms with van der Waals surface area (Å²) in [5.41, 5.74) is 1.69. The van der Waals surface area contributed by atoms with Gasteiger partial charge in [-0.1, -0.05) is 18.2 Å². The van der Waals surface area contributed by atoms with E-state index < -0.39 is 6.10 Å². The fourth-order valence-electron chi connectivity index (χ4n) is 1.95. The summed E-state index contributed by atoms with van der Waals surface area (Å²) in [5, 5.41) is 23.5. The van der Waals surface area contributed by atoms with Crippen molar-refractivity contribution in [1.29, 1.82) is 5.26 Å². The summed E-state index contributed by atoms with van der Waals surface area (Å²) in [7, 11) is 0. The zero-order chi connectivity index (χ0) is 14.8. The van der Waals surface area contributed by atoms with E-state index in [0.717, 1.165) is 5.39 Å². The SMILES string of the molecule is CC(C)(C)NC[C@H](O)c1ccc2cccc(C#N)c2n1. The van der Waals surface area contributed by atoms with E-state index in [9.17, 15) is 5.11 Å². The van der Waals surface area contributed by atoms with Gasteiger partial charge in [-0.2, -0.15) is 5.26 Å². The highest BCUT2D eigenvalue weighted by Gasteiger charge is 2.15. The molecular formula is C16H19N3O. The summed E-state index contributed by atoms with van der Waals surface area (Å²) in [4.78, 5) is 4.43. The zero-order valence-corrected chi connectivity index (χ0v) is 12.0. The average molecular weight is 269 g/mol. The van der Waals surface area contributed by atoms with Crippen LogP contribution < -0.4 is 5.32 Å². The predicted molar refractivity (Wildman–Crippen MR) is 79.2 cm³/mol. The maximum Gasteiger partial charge on any atom is 0.108 e. The summed E-state index contributed by atoms with van der Waals surface area (Å²) in [6.07, 6.45) is -0.689. The van der Waals surface area contributed by atoms with Crippen molar-refractivity contribution < 1.29 is 5.11 Å². The van der Waals surface area contributed by atoms with E-state index in [4.69, 9.17) is 5.26 Å². The van der Waals surface area contributed by atoms with Gasteiger partial charge in [0.1, 0.15) is 12.2 Å². The lowest BCUT2D eigenvalue weighted by Gasteiger charge is -2.22. The minimum atomic E-state index is -0.689. The van der Waals surface area contributed by atoms with Crippen LogP contribution in [0.4, 0.5) is 0 Å². The number of hydrogen-bond acceptors (Lipinski definition) is 4. The Morgan fingerprint density at radius 2 is 2.05 bits per heavy atom. The summed E-state index contributed by atoms with van der Waals surface area (Å²) in [6.45, 7) is 6.56. The first-order valence-electron chi connectivity index (χ1n) is 6.63. The normalized spacial score (nSPS) is 13.2. The largest absolute Gasteiger partial charge is 0.385 e. The fraction of sp³-hybridized carbons (Fsp3) is 0.375. The molecule has 0 aliphatic rings. The van der Waals surface area contributed by atoms with Crippen molar-refractivity contribution >= 4 is 10.9 Å². The molecule has 0 amide bonds. The maximum absolute atomic E-state index is 10.2. The zero-order valence-electron chi connectivity index (χ0n) is 12.0. The molecule has 20 heavy (non-hydrogen) atoms. The number of aliphatic hydroxyl groups excluding tert-OH is 1. The Morgan fingerprint density at radius 3 is 2.70 bits per heavy atom. The number of β-amino-alcohol motifs (C(OH)–C–C–N with tert-alkyl or cyclic N) is 1. The van der Waals surface area contributed by atoms with Crippen molar-refractivity contribution in [3.63, 3.8) is 0 Å². The molecule has 0 spiro atoms. The van der Waals surface area contributed by atoms with Crippen LogP contribution >= 0.6 is 0 Å². The average Bonchev–Trinajstić information content (AvgIpc) is 2.42. The van der Waals surface area contributed by atoms with Gasteiger partial charge in [-0.15, -0.1) is 0 Å². The minimum Gasteiger partial charge on any atom is -0.385 e. The fourth-order valence-corrected chi connectivity index (χ4v) is 1.95. The Balaban J connectivity index is 2.29. The van der Waals surface area contributed by atoms with Crippen LogP contribution in [-0.2, 0) is 0 Å². The topological polar surface area (TPSA) is 68.9 Å².